The van der Waals surface area contributed by atoms with Crippen LogP contribution in [-0.2, 0) is 19.1 Å². The van der Waals surface area contributed by atoms with Crippen LogP contribution in [0.3, 0.4) is 0 Å². The normalized spacial score (nSPS) is 23.8. The van der Waals surface area contributed by atoms with Gasteiger partial charge in [-0.15, -0.1) is 18.2 Å². The van der Waals surface area contributed by atoms with E-state index in [-0.39, 0.29) is 30.4 Å². The number of carbonyl (C=O) groups excluding carboxylic acids is 3. The molecule has 0 radical (unpaired) electrons. The second-order valence-electron chi connectivity index (χ2n) is 10.3. The Morgan fingerprint density at radius 2 is 2.00 bits per heavy atom. The number of carbonyl (C=O) groups is 4. The van der Waals surface area contributed by atoms with Gasteiger partial charge in [0.1, 0.15) is 24.7 Å². The zero-order chi connectivity index (χ0) is 28.0. The maximum absolute atomic E-state index is 13.8. The number of rotatable bonds is 9. The highest BCUT2D eigenvalue weighted by Crippen LogP contribution is 2.46. The van der Waals surface area contributed by atoms with Crippen molar-refractivity contribution in [2.45, 2.75) is 63.2 Å². The largest absolute Gasteiger partial charge is 0.465 e. The molecule has 2 saturated heterocycles. The van der Waals surface area contributed by atoms with E-state index in [1.165, 1.54) is 14.0 Å². The summed E-state index contributed by atoms with van der Waals surface area (Å²) in [6, 6.07) is 6.32. The Morgan fingerprint density at radius 3 is 2.63 bits per heavy atom. The van der Waals surface area contributed by atoms with Crippen molar-refractivity contribution in [3.05, 3.63) is 35.9 Å². The molecule has 3 rings (SSSR count). The van der Waals surface area contributed by atoms with Crippen molar-refractivity contribution in [1.82, 2.24) is 20.4 Å². The number of thioether (sulfide) groups is 1. The number of ether oxygens (including phenoxy) is 1. The topological polar surface area (TPSA) is 128 Å². The molecule has 2 aliphatic rings. The summed E-state index contributed by atoms with van der Waals surface area (Å²) in [5.74, 6) is 1.82. The molecule has 1 aromatic rings. The van der Waals surface area contributed by atoms with Gasteiger partial charge >= 0.3 is 6.09 Å². The standard InChI is InChI=1S/C27H36N4O6S/c1-6-13-37-16-20(18-10-8-7-9-11-18)29-24(33)22-27(3,4)15-21-31(22)25(34)19(12-14-38-21)28-23(32)17(2)30(5)26(35)36/h1,7-11,17,19-22H,12-16H2,2-5H3,(H,28,32)(H,29,33)(H,35,36)/t17-,19-,20+,21-,22+/m0/s1. The second-order valence-corrected chi connectivity index (χ2v) is 11.6. The molecule has 0 spiro atoms. The average Bonchev–Trinajstić information content (AvgIpc) is 3.07. The summed E-state index contributed by atoms with van der Waals surface area (Å²) in [5.41, 5.74) is 0.324. The number of benzene rings is 1. The van der Waals surface area contributed by atoms with E-state index in [0.717, 1.165) is 10.5 Å². The summed E-state index contributed by atoms with van der Waals surface area (Å²) in [7, 11) is 1.30. The molecule has 2 aliphatic heterocycles. The lowest BCUT2D eigenvalue weighted by molar-refractivity contribution is -0.144. The Kier molecular flexibility index (Phi) is 9.68. The van der Waals surface area contributed by atoms with E-state index < -0.39 is 41.6 Å². The summed E-state index contributed by atoms with van der Waals surface area (Å²) in [4.78, 5) is 54.2. The van der Waals surface area contributed by atoms with Crippen molar-refractivity contribution in [2.75, 3.05) is 26.0 Å². The maximum atomic E-state index is 13.8. The van der Waals surface area contributed by atoms with Crippen LogP contribution in [0.15, 0.2) is 30.3 Å². The minimum absolute atomic E-state index is 0.105. The summed E-state index contributed by atoms with van der Waals surface area (Å²) >= 11 is 1.59. The minimum atomic E-state index is -1.24. The number of fused-ring (bicyclic) bond motifs is 1. The van der Waals surface area contributed by atoms with E-state index in [9.17, 15) is 24.3 Å². The van der Waals surface area contributed by atoms with E-state index >= 15 is 0 Å². The Hall–Kier alpha value is -3.23. The highest BCUT2D eigenvalue weighted by atomic mass is 32.2. The molecule has 1 aromatic carbocycles. The van der Waals surface area contributed by atoms with Gasteiger partial charge in [-0.25, -0.2) is 4.79 Å². The van der Waals surface area contributed by atoms with Crippen LogP contribution in [0.5, 0.6) is 0 Å². The van der Waals surface area contributed by atoms with Crippen LogP contribution in [0.25, 0.3) is 0 Å². The number of hydrogen-bond donors (Lipinski definition) is 3. The van der Waals surface area contributed by atoms with Gasteiger partial charge in [0.15, 0.2) is 0 Å². The first kappa shape index (κ1) is 29.3. The molecule has 2 fully saturated rings. The van der Waals surface area contributed by atoms with E-state index in [1.807, 2.05) is 44.2 Å². The minimum Gasteiger partial charge on any atom is -0.465 e. The number of hydrogen-bond acceptors (Lipinski definition) is 6. The van der Waals surface area contributed by atoms with Crippen molar-refractivity contribution in [2.24, 2.45) is 5.41 Å². The molecule has 3 N–H and O–H groups in total. The molecule has 0 unspecified atom stereocenters. The molecule has 0 aliphatic carbocycles. The van der Waals surface area contributed by atoms with Crippen molar-refractivity contribution in [1.29, 1.82) is 0 Å². The molecule has 0 saturated carbocycles. The van der Waals surface area contributed by atoms with Gasteiger partial charge in [-0.2, -0.15) is 0 Å². The van der Waals surface area contributed by atoms with Gasteiger partial charge in [-0.3, -0.25) is 19.3 Å². The van der Waals surface area contributed by atoms with Crippen molar-refractivity contribution >= 4 is 35.6 Å². The Balaban J connectivity index is 1.82. The van der Waals surface area contributed by atoms with Crippen LogP contribution < -0.4 is 10.6 Å². The molecule has 0 aromatic heterocycles. The zero-order valence-electron chi connectivity index (χ0n) is 22.2. The van der Waals surface area contributed by atoms with Gasteiger partial charge < -0.3 is 25.4 Å². The number of nitrogens with one attached hydrogen (secondary N) is 2. The van der Waals surface area contributed by atoms with Crippen LogP contribution in [0.4, 0.5) is 4.79 Å². The van der Waals surface area contributed by atoms with Crippen molar-refractivity contribution < 1.29 is 29.0 Å². The third-order valence-corrected chi connectivity index (χ3v) is 8.36. The third kappa shape index (κ3) is 6.60. The van der Waals surface area contributed by atoms with E-state index in [1.54, 1.807) is 16.7 Å². The molecular weight excluding hydrogens is 508 g/mol. The molecular formula is C27H36N4O6S. The third-order valence-electron chi connectivity index (χ3n) is 7.11. The predicted molar refractivity (Wildman–Crippen MR) is 144 cm³/mol. The number of likely N-dealkylation sites (N-methyl/N-ethyl adjacent to an activating group) is 1. The first-order chi connectivity index (χ1) is 18.0. The lowest BCUT2D eigenvalue weighted by atomic mass is 9.83. The summed E-state index contributed by atoms with van der Waals surface area (Å²) in [6.45, 7) is 5.66. The highest BCUT2D eigenvalue weighted by Gasteiger charge is 2.54. The molecule has 38 heavy (non-hydrogen) atoms. The van der Waals surface area contributed by atoms with Gasteiger partial charge in [0, 0.05) is 7.05 Å². The monoisotopic (exact) mass is 544 g/mol. The van der Waals surface area contributed by atoms with Crippen LogP contribution in [0, 0.1) is 17.8 Å². The van der Waals surface area contributed by atoms with Gasteiger partial charge in [0.25, 0.3) is 0 Å². The quantitative estimate of drug-likeness (QED) is 0.321. The molecule has 11 heteroatoms. The number of amides is 4. The van der Waals surface area contributed by atoms with Crippen molar-refractivity contribution in [3.63, 3.8) is 0 Å². The van der Waals surface area contributed by atoms with Gasteiger partial charge in [0.2, 0.25) is 17.7 Å². The molecule has 206 valence electrons. The van der Waals surface area contributed by atoms with E-state index in [0.29, 0.717) is 18.6 Å². The van der Waals surface area contributed by atoms with Gasteiger partial charge in [0.05, 0.1) is 18.0 Å². The fourth-order valence-electron chi connectivity index (χ4n) is 4.88. The summed E-state index contributed by atoms with van der Waals surface area (Å²) < 4.78 is 5.55. The van der Waals surface area contributed by atoms with E-state index in [4.69, 9.17) is 11.2 Å². The number of nitrogens with zero attached hydrogens (tertiary/aromatic N) is 2. The second kappa shape index (κ2) is 12.5. The first-order valence-corrected chi connectivity index (χ1v) is 13.6. The summed E-state index contributed by atoms with van der Waals surface area (Å²) in [5, 5.41) is 14.8. The zero-order valence-corrected chi connectivity index (χ0v) is 23.0. The molecule has 2 heterocycles. The number of terminal acetylenes is 1. The van der Waals surface area contributed by atoms with Crippen LogP contribution in [-0.4, -0.2) is 88.2 Å². The lowest BCUT2D eigenvalue weighted by Crippen LogP contribution is -2.58. The smallest absolute Gasteiger partial charge is 0.407 e. The Bertz CT molecular complexity index is 1080. The first-order valence-electron chi connectivity index (χ1n) is 12.5. The van der Waals surface area contributed by atoms with Crippen LogP contribution in [0.1, 0.15) is 45.2 Å². The fourth-order valence-corrected chi connectivity index (χ4v) is 6.46. The lowest BCUT2D eigenvalue weighted by Gasteiger charge is -2.35. The van der Waals surface area contributed by atoms with Crippen LogP contribution >= 0.6 is 11.8 Å². The average molecular weight is 545 g/mol. The molecule has 0 bridgehead atoms. The molecule has 10 nitrogen and oxygen atoms in total. The molecule has 5 atom stereocenters. The van der Waals surface area contributed by atoms with Gasteiger partial charge in [-0.1, -0.05) is 50.1 Å². The Labute approximate surface area is 227 Å². The fraction of sp³-hybridized carbons (Fsp3) is 0.556. The van der Waals surface area contributed by atoms with Crippen LogP contribution in [0.2, 0.25) is 0 Å². The predicted octanol–water partition coefficient (Wildman–Crippen LogP) is 2.07. The SMILES string of the molecule is C#CCOC[C@@H](NC(=O)[C@H]1N2C(=O)[C@@H](NC(=O)[C@H](C)N(C)C(=O)O)CCS[C@H]2CC1(C)C)c1ccccc1. The van der Waals surface area contributed by atoms with Gasteiger partial charge in [-0.05, 0) is 36.5 Å². The van der Waals surface area contributed by atoms with E-state index in [2.05, 4.69) is 16.6 Å². The highest BCUT2D eigenvalue weighted by molar-refractivity contribution is 7.99. The van der Waals surface area contributed by atoms with Crippen molar-refractivity contribution in [3.8, 4) is 12.3 Å². The number of carboxylic acid groups (broad SMARTS) is 1. The Morgan fingerprint density at radius 1 is 1.32 bits per heavy atom. The molecule has 4 amide bonds. The maximum Gasteiger partial charge on any atom is 0.407 e. The summed E-state index contributed by atoms with van der Waals surface area (Å²) in [6.07, 6.45) is 5.07.